The highest BCUT2D eigenvalue weighted by molar-refractivity contribution is 7.80. The molecular formula is C16H22F3N3O5S. The van der Waals surface area contributed by atoms with Crippen LogP contribution in [0.25, 0.3) is 0 Å². The third-order valence-corrected chi connectivity index (χ3v) is 3.93. The Morgan fingerprint density at radius 2 is 1.96 bits per heavy atom. The number of hydrogen-bond acceptors (Lipinski definition) is 6. The lowest BCUT2D eigenvalue weighted by atomic mass is 10.1. The number of amides is 1. The van der Waals surface area contributed by atoms with Crippen LogP contribution in [0.1, 0.15) is 30.8 Å². The van der Waals surface area contributed by atoms with Gasteiger partial charge in [0.15, 0.2) is 5.11 Å². The largest absolute Gasteiger partial charge is 0.461 e. The lowest BCUT2D eigenvalue weighted by Crippen LogP contribution is -2.45. The van der Waals surface area contributed by atoms with Gasteiger partial charge in [-0.15, -0.1) is 0 Å². The number of aliphatic hydroxyl groups is 1. The topological polar surface area (TPSA) is 104 Å². The number of esters is 1. The highest BCUT2D eigenvalue weighted by Gasteiger charge is 2.39. The summed E-state index contributed by atoms with van der Waals surface area (Å²) in [5.41, 5.74) is 0.0847. The summed E-state index contributed by atoms with van der Waals surface area (Å²) in [4.78, 5) is 27.5. The van der Waals surface area contributed by atoms with E-state index in [1.807, 2.05) is 0 Å². The molecule has 0 aliphatic heterocycles. The highest BCUT2D eigenvalue weighted by Crippen LogP contribution is 2.30. The number of aliphatic hydroxyl groups excluding tert-OH is 1. The average Bonchev–Trinajstić information content (AvgIpc) is 3.07. The molecule has 28 heavy (non-hydrogen) atoms. The Morgan fingerprint density at radius 3 is 2.50 bits per heavy atom. The maximum absolute atomic E-state index is 13.0. The molecule has 1 rings (SSSR count). The lowest BCUT2D eigenvalue weighted by molar-refractivity contribution is -0.184. The molecule has 1 aromatic rings. The minimum Gasteiger partial charge on any atom is -0.461 e. The smallest absolute Gasteiger partial charge is 0.413 e. The van der Waals surface area contributed by atoms with Crippen LogP contribution in [-0.2, 0) is 9.47 Å². The van der Waals surface area contributed by atoms with E-state index in [1.54, 1.807) is 13.8 Å². The number of nitrogens with zero attached hydrogens (tertiary/aromatic N) is 1. The number of thiocarbonyl (C=S) groups is 1. The zero-order valence-electron chi connectivity index (χ0n) is 15.3. The van der Waals surface area contributed by atoms with Crippen LogP contribution in [0.2, 0.25) is 0 Å². The van der Waals surface area contributed by atoms with Crippen LogP contribution in [0.3, 0.4) is 0 Å². The van der Waals surface area contributed by atoms with Crippen molar-refractivity contribution in [1.82, 2.24) is 10.3 Å². The number of anilines is 1. The highest BCUT2D eigenvalue weighted by atomic mass is 32.1. The minimum absolute atomic E-state index is 0.0394. The number of ether oxygens (including phenoxy) is 2. The zero-order valence-corrected chi connectivity index (χ0v) is 16.2. The molecule has 0 radical (unpaired) electrons. The molecule has 0 aliphatic carbocycles. The monoisotopic (exact) mass is 425 g/mol. The minimum atomic E-state index is -4.61. The Labute approximate surface area is 165 Å². The van der Waals surface area contributed by atoms with Gasteiger partial charge in [0, 0.05) is 12.7 Å². The molecule has 12 heteroatoms. The van der Waals surface area contributed by atoms with Gasteiger partial charge in [-0.1, -0.05) is 0 Å². The number of aromatic amines is 1. The molecule has 1 aromatic heterocycles. The van der Waals surface area contributed by atoms with Gasteiger partial charge in [-0.25, -0.2) is 9.59 Å². The fraction of sp³-hybridized carbons (Fsp3) is 0.562. The SMILES string of the molecule is CCOC(=O)NC(=S)N(CCC(CO)C(F)(F)F)c1cc[nH]c1C(=O)OCC. The molecule has 3 N–H and O–H groups in total. The lowest BCUT2D eigenvalue weighted by Gasteiger charge is -2.27. The maximum atomic E-state index is 13.0. The first-order valence-electron chi connectivity index (χ1n) is 8.42. The molecule has 0 aliphatic rings. The number of carbonyl (C=O) groups is 2. The van der Waals surface area contributed by atoms with E-state index < -0.39 is 37.2 Å². The molecule has 158 valence electrons. The number of halogens is 3. The van der Waals surface area contributed by atoms with Gasteiger partial charge in [0.25, 0.3) is 0 Å². The Balaban J connectivity index is 3.11. The normalized spacial score (nSPS) is 12.2. The summed E-state index contributed by atoms with van der Waals surface area (Å²) in [5, 5.41) is 11.0. The van der Waals surface area contributed by atoms with Crippen molar-refractivity contribution in [3.05, 3.63) is 18.0 Å². The number of hydrogen-bond donors (Lipinski definition) is 3. The molecule has 1 unspecified atom stereocenters. The van der Waals surface area contributed by atoms with Crippen molar-refractivity contribution in [1.29, 1.82) is 0 Å². The van der Waals surface area contributed by atoms with E-state index in [-0.39, 0.29) is 36.3 Å². The second-order valence-corrected chi connectivity index (χ2v) is 5.86. The Bertz CT molecular complexity index is 681. The molecule has 0 bridgehead atoms. The maximum Gasteiger partial charge on any atom is 0.413 e. The van der Waals surface area contributed by atoms with E-state index >= 15 is 0 Å². The third kappa shape index (κ3) is 6.68. The van der Waals surface area contributed by atoms with Crippen molar-refractivity contribution >= 4 is 35.1 Å². The van der Waals surface area contributed by atoms with Crippen LogP contribution < -0.4 is 10.2 Å². The first-order valence-corrected chi connectivity index (χ1v) is 8.83. The number of carbonyl (C=O) groups excluding carboxylic acids is 2. The molecule has 1 atom stereocenters. The van der Waals surface area contributed by atoms with Crippen LogP contribution in [0.5, 0.6) is 0 Å². The predicted molar refractivity (Wildman–Crippen MR) is 98.1 cm³/mol. The summed E-state index contributed by atoms with van der Waals surface area (Å²) < 4.78 is 48.5. The number of aromatic nitrogens is 1. The first-order chi connectivity index (χ1) is 13.1. The van der Waals surface area contributed by atoms with Crippen molar-refractivity contribution in [2.75, 3.05) is 31.3 Å². The molecule has 1 heterocycles. The van der Waals surface area contributed by atoms with E-state index in [2.05, 4.69) is 10.3 Å². The molecule has 0 aromatic carbocycles. The summed E-state index contributed by atoms with van der Waals surface area (Å²) in [5.74, 6) is -2.73. The van der Waals surface area contributed by atoms with Crippen molar-refractivity contribution in [2.45, 2.75) is 26.4 Å². The summed E-state index contributed by atoms with van der Waals surface area (Å²) in [6.45, 7) is 1.88. The van der Waals surface area contributed by atoms with Crippen molar-refractivity contribution in [3.8, 4) is 0 Å². The number of H-pyrrole nitrogens is 1. The zero-order chi connectivity index (χ0) is 21.3. The fourth-order valence-electron chi connectivity index (χ4n) is 2.25. The second kappa shape index (κ2) is 10.9. The van der Waals surface area contributed by atoms with Crippen LogP contribution in [0, 0.1) is 5.92 Å². The van der Waals surface area contributed by atoms with Gasteiger partial charge in [0.05, 0.1) is 31.4 Å². The second-order valence-electron chi connectivity index (χ2n) is 5.47. The van der Waals surface area contributed by atoms with Gasteiger partial charge < -0.3 is 24.5 Å². The quantitative estimate of drug-likeness (QED) is 0.434. The Kier molecular flexibility index (Phi) is 9.19. The van der Waals surface area contributed by atoms with E-state index in [9.17, 15) is 22.8 Å². The van der Waals surface area contributed by atoms with E-state index in [0.29, 0.717) is 0 Å². The third-order valence-electron chi connectivity index (χ3n) is 3.61. The van der Waals surface area contributed by atoms with Gasteiger partial charge in [-0.2, -0.15) is 13.2 Å². The molecule has 0 saturated carbocycles. The van der Waals surface area contributed by atoms with Gasteiger partial charge in [-0.05, 0) is 38.6 Å². The molecule has 0 fully saturated rings. The predicted octanol–water partition coefficient (Wildman–Crippen LogP) is 2.59. The Hall–Kier alpha value is -2.34. The molecule has 1 amide bonds. The van der Waals surface area contributed by atoms with Gasteiger partial charge in [0.1, 0.15) is 5.69 Å². The summed E-state index contributed by atoms with van der Waals surface area (Å²) in [7, 11) is 0. The van der Waals surface area contributed by atoms with Crippen molar-refractivity contribution < 1.29 is 37.3 Å². The van der Waals surface area contributed by atoms with Crippen molar-refractivity contribution in [2.24, 2.45) is 5.92 Å². The average molecular weight is 425 g/mol. The summed E-state index contributed by atoms with van der Waals surface area (Å²) >= 11 is 5.11. The van der Waals surface area contributed by atoms with Crippen LogP contribution >= 0.6 is 12.2 Å². The molecule has 0 spiro atoms. The van der Waals surface area contributed by atoms with E-state index in [0.717, 1.165) is 4.90 Å². The fourth-order valence-corrected chi connectivity index (χ4v) is 2.52. The number of alkyl carbamates (subject to hydrolysis) is 1. The number of alkyl halides is 3. The van der Waals surface area contributed by atoms with Gasteiger partial charge >= 0.3 is 18.2 Å². The summed E-state index contributed by atoms with van der Waals surface area (Å²) in [6.07, 6.45) is -4.65. The molecule has 0 saturated heterocycles. The number of rotatable bonds is 8. The molecular weight excluding hydrogens is 403 g/mol. The van der Waals surface area contributed by atoms with Crippen LogP contribution in [-0.4, -0.2) is 59.8 Å². The first kappa shape index (κ1) is 23.7. The van der Waals surface area contributed by atoms with Crippen molar-refractivity contribution in [3.63, 3.8) is 0 Å². The van der Waals surface area contributed by atoms with Gasteiger partial charge in [-0.3, -0.25) is 5.32 Å². The van der Waals surface area contributed by atoms with Gasteiger partial charge in [0.2, 0.25) is 0 Å². The van der Waals surface area contributed by atoms with E-state index in [1.165, 1.54) is 12.3 Å². The van der Waals surface area contributed by atoms with E-state index in [4.69, 9.17) is 26.8 Å². The molecule has 8 nitrogen and oxygen atoms in total. The van der Waals surface area contributed by atoms with Crippen LogP contribution in [0.15, 0.2) is 12.3 Å². The summed E-state index contributed by atoms with van der Waals surface area (Å²) in [6, 6.07) is 1.41. The number of nitrogens with one attached hydrogen (secondary N) is 2. The van der Waals surface area contributed by atoms with Crippen LogP contribution in [0.4, 0.5) is 23.7 Å². The Morgan fingerprint density at radius 1 is 1.32 bits per heavy atom. The standard InChI is InChI=1S/C16H22F3N3O5S/c1-3-26-13(24)12-11(5-7-20-12)22(14(28)21-15(25)27-4-2)8-6-10(9-23)16(17,18)19/h5,7,10,20,23H,3-4,6,8-9H2,1-2H3,(H,21,25,28).